The van der Waals surface area contributed by atoms with Crippen molar-refractivity contribution in [1.29, 1.82) is 0 Å². The summed E-state index contributed by atoms with van der Waals surface area (Å²) in [6, 6.07) is 10.9. The van der Waals surface area contributed by atoms with Crippen molar-refractivity contribution in [2.45, 2.75) is 25.3 Å². The average molecular weight is 352 g/mol. The van der Waals surface area contributed by atoms with Crippen LogP contribution >= 0.6 is 22.9 Å². The Morgan fingerprint density at radius 1 is 1.26 bits per heavy atom. The van der Waals surface area contributed by atoms with Gasteiger partial charge < -0.3 is 10.1 Å². The van der Waals surface area contributed by atoms with Crippen molar-refractivity contribution in [3.8, 4) is 0 Å². The van der Waals surface area contributed by atoms with Crippen LogP contribution in [0.2, 0.25) is 5.02 Å². The number of ether oxygens (including phenoxy) is 1. The van der Waals surface area contributed by atoms with E-state index in [1.165, 1.54) is 18.4 Å². The second kappa shape index (κ2) is 8.70. The summed E-state index contributed by atoms with van der Waals surface area (Å²) in [6.45, 7) is 0. The van der Waals surface area contributed by atoms with Gasteiger partial charge in [0.2, 0.25) is 5.91 Å². The quantitative estimate of drug-likeness (QED) is 0.773. The molecule has 0 aliphatic carbocycles. The van der Waals surface area contributed by atoms with E-state index in [9.17, 15) is 9.59 Å². The maximum atomic E-state index is 12.2. The number of nitrogens with one attached hydrogen (secondary N) is 1. The van der Waals surface area contributed by atoms with Gasteiger partial charge in [-0.3, -0.25) is 9.59 Å². The lowest BCUT2D eigenvalue weighted by atomic mass is 10.1. The Balaban J connectivity index is 1.95. The highest BCUT2D eigenvalue weighted by Gasteiger charge is 2.19. The van der Waals surface area contributed by atoms with Crippen molar-refractivity contribution < 1.29 is 14.3 Å². The maximum Gasteiger partial charge on any atom is 0.307 e. The second-order valence-electron chi connectivity index (χ2n) is 5.01. The Kier molecular flexibility index (Phi) is 6.62. The number of methoxy groups -OCH3 is 1. The molecule has 1 N–H and O–H groups in total. The molecule has 1 unspecified atom stereocenters. The first-order chi connectivity index (χ1) is 11.1. The average Bonchev–Trinajstić information content (AvgIpc) is 3.07. The summed E-state index contributed by atoms with van der Waals surface area (Å²) in [6.07, 6.45) is 0.989. The summed E-state index contributed by atoms with van der Waals surface area (Å²) in [5.41, 5.74) is 0.935. The molecular weight excluding hydrogens is 334 g/mol. The van der Waals surface area contributed by atoms with E-state index < -0.39 is 0 Å². The van der Waals surface area contributed by atoms with E-state index >= 15 is 0 Å². The minimum absolute atomic E-state index is 0.118. The highest BCUT2D eigenvalue weighted by molar-refractivity contribution is 7.10. The normalized spacial score (nSPS) is 11.7. The third kappa shape index (κ3) is 5.37. The highest BCUT2D eigenvalue weighted by Crippen LogP contribution is 2.23. The van der Waals surface area contributed by atoms with Crippen molar-refractivity contribution >= 4 is 34.8 Å². The summed E-state index contributed by atoms with van der Waals surface area (Å²) in [5, 5.41) is 5.47. The third-order valence-electron chi connectivity index (χ3n) is 3.40. The van der Waals surface area contributed by atoms with Gasteiger partial charge in [-0.15, -0.1) is 11.3 Å². The first kappa shape index (κ1) is 17.5. The zero-order valence-corrected chi connectivity index (χ0v) is 14.3. The molecule has 1 aromatic heterocycles. The van der Waals surface area contributed by atoms with Crippen LogP contribution in [0.4, 0.5) is 0 Å². The lowest BCUT2D eigenvalue weighted by Crippen LogP contribution is -2.30. The van der Waals surface area contributed by atoms with Gasteiger partial charge in [0.25, 0.3) is 0 Å². The van der Waals surface area contributed by atoms with E-state index in [2.05, 4.69) is 5.32 Å². The summed E-state index contributed by atoms with van der Waals surface area (Å²) >= 11 is 7.59. The highest BCUT2D eigenvalue weighted by atomic mass is 35.5. The molecule has 122 valence electrons. The van der Waals surface area contributed by atoms with E-state index in [1.807, 2.05) is 35.7 Å². The molecule has 1 atom stereocenters. The van der Waals surface area contributed by atoms with Gasteiger partial charge in [0, 0.05) is 16.3 Å². The third-order valence-corrected chi connectivity index (χ3v) is 4.75. The Hall–Kier alpha value is -1.85. The molecule has 2 rings (SSSR count). The van der Waals surface area contributed by atoms with Crippen molar-refractivity contribution in [3.05, 3.63) is 57.2 Å². The fourth-order valence-corrected chi connectivity index (χ4v) is 3.19. The minimum atomic E-state index is -0.360. The number of halogens is 1. The van der Waals surface area contributed by atoms with Crippen LogP contribution in [0.25, 0.3) is 0 Å². The summed E-state index contributed by atoms with van der Waals surface area (Å²) in [5.74, 6) is -0.470. The Bertz CT molecular complexity index is 658. The van der Waals surface area contributed by atoms with Gasteiger partial charge in [0.05, 0.1) is 19.6 Å². The number of amides is 1. The standard InChI is InChI=1S/C17H18ClNO3S/c1-22-17(21)11-14(15-7-4-10-23-15)19-16(20)9-8-12-5-2-3-6-13(12)18/h2-7,10,14H,8-9,11H2,1H3,(H,19,20). The molecule has 1 amide bonds. The number of aryl methyl sites for hydroxylation is 1. The van der Waals surface area contributed by atoms with Crippen molar-refractivity contribution in [3.63, 3.8) is 0 Å². The maximum absolute atomic E-state index is 12.2. The largest absolute Gasteiger partial charge is 0.469 e. The van der Waals surface area contributed by atoms with Gasteiger partial charge in [-0.2, -0.15) is 0 Å². The van der Waals surface area contributed by atoms with E-state index in [0.717, 1.165) is 10.4 Å². The Morgan fingerprint density at radius 2 is 2.04 bits per heavy atom. The summed E-state index contributed by atoms with van der Waals surface area (Å²) in [4.78, 5) is 24.7. The zero-order chi connectivity index (χ0) is 16.7. The molecule has 4 nitrogen and oxygen atoms in total. The molecular formula is C17H18ClNO3S. The summed E-state index contributed by atoms with van der Waals surface area (Å²) in [7, 11) is 1.34. The van der Waals surface area contributed by atoms with Crippen LogP contribution in [0.1, 0.15) is 29.3 Å². The van der Waals surface area contributed by atoms with Crippen molar-refractivity contribution in [2.24, 2.45) is 0 Å². The molecule has 0 aliphatic rings. The fourth-order valence-electron chi connectivity index (χ4n) is 2.18. The lowest BCUT2D eigenvalue weighted by Gasteiger charge is -2.16. The van der Waals surface area contributed by atoms with Crippen LogP contribution in [0.3, 0.4) is 0 Å². The van der Waals surface area contributed by atoms with Gasteiger partial charge in [0.15, 0.2) is 0 Å². The zero-order valence-electron chi connectivity index (χ0n) is 12.8. The van der Waals surface area contributed by atoms with Gasteiger partial charge in [0.1, 0.15) is 0 Å². The molecule has 0 spiro atoms. The molecule has 23 heavy (non-hydrogen) atoms. The van der Waals surface area contributed by atoms with Crippen LogP contribution in [-0.4, -0.2) is 19.0 Å². The number of carbonyl (C=O) groups excluding carboxylic acids is 2. The molecule has 1 aromatic carbocycles. The van der Waals surface area contributed by atoms with Crippen molar-refractivity contribution in [2.75, 3.05) is 7.11 Å². The number of carbonyl (C=O) groups is 2. The first-order valence-electron chi connectivity index (χ1n) is 7.23. The molecule has 0 fully saturated rings. The molecule has 0 saturated carbocycles. The van der Waals surface area contributed by atoms with Gasteiger partial charge in [-0.05, 0) is 29.5 Å². The van der Waals surface area contributed by atoms with E-state index in [4.69, 9.17) is 16.3 Å². The Labute approximate surface area is 144 Å². The topological polar surface area (TPSA) is 55.4 Å². The van der Waals surface area contributed by atoms with Crippen LogP contribution in [0, 0.1) is 0 Å². The molecule has 1 heterocycles. The molecule has 0 saturated heterocycles. The van der Waals surface area contributed by atoms with Gasteiger partial charge in [-0.25, -0.2) is 0 Å². The summed E-state index contributed by atoms with van der Waals surface area (Å²) < 4.78 is 4.70. The molecule has 0 aliphatic heterocycles. The number of esters is 1. The first-order valence-corrected chi connectivity index (χ1v) is 8.49. The van der Waals surface area contributed by atoms with E-state index in [1.54, 1.807) is 6.07 Å². The van der Waals surface area contributed by atoms with Crippen molar-refractivity contribution in [1.82, 2.24) is 5.32 Å². The van der Waals surface area contributed by atoms with Crippen LogP contribution in [0.5, 0.6) is 0 Å². The van der Waals surface area contributed by atoms with Gasteiger partial charge in [-0.1, -0.05) is 35.9 Å². The van der Waals surface area contributed by atoms with E-state index in [0.29, 0.717) is 17.9 Å². The Morgan fingerprint density at radius 3 is 2.70 bits per heavy atom. The molecule has 2 aromatic rings. The lowest BCUT2D eigenvalue weighted by molar-refractivity contribution is -0.141. The molecule has 0 bridgehead atoms. The smallest absolute Gasteiger partial charge is 0.307 e. The van der Waals surface area contributed by atoms with Crippen LogP contribution < -0.4 is 5.32 Å². The number of benzene rings is 1. The number of hydrogen-bond donors (Lipinski definition) is 1. The number of thiophene rings is 1. The minimum Gasteiger partial charge on any atom is -0.469 e. The van der Waals surface area contributed by atoms with Gasteiger partial charge >= 0.3 is 5.97 Å². The molecule has 0 radical (unpaired) electrons. The SMILES string of the molecule is COC(=O)CC(NC(=O)CCc1ccccc1Cl)c1cccs1. The second-order valence-corrected chi connectivity index (χ2v) is 6.39. The monoisotopic (exact) mass is 351 g/mol. The predicted octanol–water partition coefficient (Wildman–Crippen LogP) is 3.75. The number of rotatable bonds is 7. The van der Waals surface area contributed by atoms with Crippen LogP contribution in [0.15, 0.2) is 41.8 Å². The fraction of sp³-hybridized carbons (Fsp3) is 0.294. The van der Waals surface area contributed by atoms with Crippen LogP contribution in [-0.2, 0) is 20.7 Å². The predicted molar refractivity (Wildman–Crippen MR) is 91.6 cm³/mol. The van der Waals surface area contributed by atoms with E-state index in [-0.39, 0.29) is 24.3 Å². The number of hydrogen-bond acceptors (Lipinski definition) is 4. The molecule has 6 heteroatoms.